The quantitative estimate of drug-likeness (QED) is 0.697. The van der Waals surface area contributed by atoms with Gasteiger partial charge in [0.1, 0.15) is 0 Å². The Kier molecular flexibility index (Phi) is 3.37. The minimum atomic E-state index is 1.06. The van der Waals surface area contributed by atoms with Crippen molar-refractivity contribution in [2.45, 2.75) is 13.3 Å². The zero-order valence-electron chi connectivity index (χ0n) is 6.55. The Labute approximate surface area is 76.1 Å². The molecule has 1 aromatic carbocycles. The van der Waals surface area contributed by atoms with E-state index in [0.717, 1.165) is 6.42 Å². The first-order chi connectivity index (χ1) is 5.34. The van der Waals surface area contributed by atoms with Gasteiger partial charge < -0.3 is 0 Å². The normalized spacial score (nSPS) is 11.6. The van der Waals surface area contributed by atoms with Crippen molar-refractivity contribution in [2.24, 2.45) is 0 Å². The van der Waals surface area contributed by atoms with Crippen LogP contribution in [0, 0.1) is 0 Å². The van der Waals surface area contributed by atoms with Crippen LogP contribution in [0.15, 0.2) is 36.4 Å². The maximum absolute atomic E-state index is 3.51. The molecule has 11 heavy (non-hydrogen) atoms. The van der Waals surface area contributed by atoms with Crippen molar-refractivity contribution in [1.82, 2.24) is 0 Å². The van der Waals surface area contributed by atoms with Crippen LogP contribution in [0.2, 0.25) is 0 Å². The minimum Gasteiger partial charge on any atom is -0.0699 e. The van der Waals surface area contributed by atoms with E-state index in [2.05, 4.69) is 41.1 Å². The highest BCUT2D eigenvalue weighted by Crippen LogP contribution is 2.20. The smallest absolute Gasteiger partial charge is 0.0207 e. The first-order valence-electron chi connectivity index (χ1n) is 3.75. The lowest BCUT2D eigenvalue weighted by Crippen LogP contribution is -1.73. The summed E-state index contributed by atoms with van der Waals surface area (Å²) in [7, 11) is 0. The van der Waals surface area contributed by atoms with Crippen LogP contribution in [0.4, 0.5) is 0 Å². The molecule has 1 rings (SSSR count). The van der Waals surface area contributed by atoms with Gasteiger partial charge >= 0.3 is 0 Å². The molecule has 0 heterocycles. The molecule has 1 heteroatoms. The van der Waals surface area contributed by atoms with Gasteiger partial charge in [0.05, 0.1) is 0 Å². The Hall–Kier alpha value is -0.560. The molecule has 0 atom stereocenters. The maximum Gasteiger partial charge on any atom is 0.0207 e. The third-order valence-electron chi connectivity index (χ3n) is 1.43. The van der Waals surface area contributed by atoms with Gasteiger partial charge in [0, 0.05) is 4.48 Å². The molecule has 0 aliphatic carbocycles. The lowest BCUT2D eigenvalue weighted by molar-refractivity contribution is 1.23. The van der Waals surface area contributed by atoms with E-state index in [1.807, 2.05) is 18.2 Å². The van der Waals surface area contributed by atoms with Gasteiger partial charge in [0.15, 0.2) is 0 Å². The van der Waals surface area contributed by atoms with E-state index in [1.54, 1.807) is 0 Å². The van der Waals surface area contributed by atoms with Crippen molar-refractivity contribution >= 4 is 20.4 Å². The minimum absolute atomic E-state index is 1.06. The van der Waals surface area contributed by atoms with Crippen LogP contribution in [0.5, 0.6) is 0 Å². The molecule has 0 aliphatic heterocycles. The molecule has 58 valence electrons. The highest BCUT2D eigenvalue weighted by Gasteiger charge is 1.92. The van der Waals surface area contributed by atoms with Crippen LogP contribution in [-0.2, 0) is 0 Å². The summed E-state index contributed by atoms with van der Waals surface area (Å²) in [6.07, 6.45) is 3.23. The molecule has 0 N–H and O–H groups in total. The van der Waals surface area contributed by atoms with Gasteiger partial charge in [0.25, 0.3) is 0 Å². The molecule has 0 unspecified atom stereocenters. The SMILES string of the molecule is CCC=C(Br)c1ccccc1. The first-order valence-corrected chi connectivity index (χ1v) is 4.55. The molecule has 0 fully saturated rings. The van der Waals surface area contributed by atoms with E-state index in [0.29, 0.717) is 0 Å². The molecule has 0 aliphatic rings. The fourth-order valence-corrected chi connectivity index (χ4v) is 1.48. The highest BCUT2D eigenvalue weighted by atomic mass is 79.9. The molecule has 0 nitrogen and oxygen atoms in total. The number of allylic oxidation sites excluding steroid dienone is 1. The van der Waals surface area contributed by atoms with Crippen molar-refractivity contribution in [3.05, 3.63) is 42.0 Å². The van der Waals surface area contributed by atoms with E-state index in [4.69, 9.17) is 0 Å². The van der Waals surface area contributed by atoms with Crippen molar-refractivity contribution in [3.63, 3.8) is 0 Å². The largest absolute Gasteiger partial charge is 0.0699 e. The topological polar surface area (TPSA) is 0 Å². The van der Waals surface area contributed by atoms with E-state index < -0.39 is 0 Å². The second-order valence-corrected chi connectivity index (χ2v) is 3.18. The Morgan fingerprint density at radius 1 is 1.36 bits per heavy atom. The summed E-state index contributed by atoms with van der Waals surface area (Å²) < 4.78 is 1.18. The lowest BCUT2D eigenvalue weighted by atomic mass is 10.2. The molecule has 1 aromatic rings. The average molecular weight is 211 g/mol. The molecule has 0 spiro atoms. The summed E-state index contributed by atoms with van der Waals surface area (Å²) in [4.78, 5) is 0. The highest BCUT2D eigenvalue weighted by molar-refractivity contribution is 9.15. The monoisotopic (exact) mass is 210 g/mol. The predicted molar refractivity (Wildman–Crippen MR) is 53.6 cm³/mol. The Balaban J connectivity index is 2.85. The summed E-state index contributed by atoms with van der Waals surface area (Å²) in [6, 6.07) is 10.3. The molecule has 0 amide bonds. The third kappa shape index (κ3) is 2.51. The molecular weight excluding hydrogens is 200 g/mol. The molecular formula is C10H11Br. The zero-order chi connectivity index (χ0) is 8.10. The Bertz CT molecular complexity index is 236. The van der Waals surface area contributed by atoms with Crippen molar-refractivity contribution in [2.75, 3.05) is 0 Å². The summed E-state index contributed by atoms with van der Waals surface area (Å²) in [5, 5.41) is 0. The summed E-state index contributed by atoms with van der Waals surface area (Å²) >= 11 is 3.51. The van der Waals surface area contributed by atoms with Gasteiger partial charge in [-0.1, -0.05) is 59.3 Å². The van der Waals surface area contributed by atoms with E-state index in [1.165, 1.54) is 10.0 Å². The maximum atomic E-state index is 3.51. The second-order valence-electron chi connectivity index (χ2n) is 2.33. The molecule has 0 bridgehead atoms. The molecule has 0 radical (unpaired) electrons. The van der Waals surface area contributed by atoms with E-state index >= 15 is 0 Å². The number of benzene rings is 1. The predicted octanol–water partition coefficient (Wildman–Crippen LogP) is 3.83. The lowest BCUT2D eigenvalue weighted by Gasteiger charge is -1.96. The molecule has 0 aromatic heterocycles. The standard InChI is InChI=1S/C10H11Br/c1-2-6-10(11)9-7-4-3-5-8-9/h3-8H,2H2,1H3. The van der Waals surface area contributed by atoms with Crippen LogP contribution in [0.1, 0.15) is 18.9 Å². The molecule has 0 saturated heterocycles. The second kappa shape index (κ2) is 4.35. The average Bonchev–Trinajstić information content (AvgIpc) is 2.07. The Morgan fingerprint density at radius 3 is 2.55 bits per heavy atom. The Morgan fingerprint density at radius 2 is 2.00 bits per heavy atom. The van der Waals surface area contributed by atoms with Crippen LogP contribution >= 0.6 is 15.9 Å². The molecule has 0 saturated carbocycles. The number of rotatable bonds is 2. The van der Waals surface area contributed by atoms with Crippen LogP contribution in [0.25, 0.3) is 4.48 Å². The van der Waals surface area contributed by atoms with E-state index in [9.17, 15) is 0 Å². The number of hydrogen-bond acceptors (Lipinski definition) is 0. The van der Waals surface area contributed by atoms with Gasteiger partial charge in [-0.2, -0.15) is 0 Å². The van der Waals surface area contributed by atoms with Crippen molar-refractivity contribution < 1.29 is 0 Å². The number of halogens is 1. The van der Waals surface area contributed by atoms with Crippen molar-refractivity contribution in [3.8, 4) is 0 Å². The fourth-order valence-electron chi connectivity index (χ4n) is 0.894. The summed E-state index contributed by atoms with van der Waals surface area (Å²) in [5.74, 6) is 0. The van der Waals surface area contributed by atoms with Gasteiger partial charge in [0.2, 0.25) is 0 Å². The van der Waals surface area contributed by atoms with Crippen LogP contribution in [-0.4, -0.2) is 0 Å². The van der Waals surface area contributed by atoms with Crippen LogP contribution < -0.4 is 0 Å². The van der Waals surface area contributed by atoms with Gasteiger partial charge in [-0.05, 0) is 12.0 Å². The first kappa shape index (κ1) is 8.54. The van der Waals surface area contributed by atoms with Crippen molar-refractivity contribution in [1.29, 1.82) is 0 Å². The third-order valence-corrected chi connectivity index (χ3v) is 2.21. The van der Waals surface area contributed by atoms with Crippen LogP contribution in [0.3, 0.4) is 0 Å². The zero-order valence-corrected chi connectivity index (χ0v) is 8.14. The van der Waals surface area contributed by atoms with E-state index in [-0.39, 0.29) is 0 Å². The van der Waals surface area contributed by atoms with Gasteiger partial charge in [-0.15, -0.1) is 0 Å². The van der Waals surface area contributed by atoms with Gasteiger partial charge in [-0.3, -0.25) is 0 Å². The summed E-state index contributed by atoms with van der Waals surface area (Å²) in [5.41, 5.74) is 1.24. The van der Waals surface area contributed by atoms with Gasteiger partial charge in [-0.25, -0.2) is 0 Å². The fraction of sp³-hybridized carbons (Fsp3) is 0.200. The number of hydrogen-bond donors (Lipinski definition) is 0. The summed E-state index contributed by atoms with van der Waals surface area (Å²) in [6.45, 7) is 2.13.